The van der Waals surface area contributed by atoms with Gasteiger partial charge in [0.2, 0.25) is 5.60 Å². The molecule has 1 aliphatic rings. The Hall–Kier alpha value is -4.37. The summed E-state index contributed by atoms with van der Waals surface area (Å²) in [6, 6.07) is 30.6. The van der Waals surface area contributed by atoms with Crippen molar-refractivity contribution in [3.63, 3.8) is 0 Å². The highest BCUT2D eigenvalue weighted by molar-refractivity contribution is 7.16. The number of hydrogen-bond donors (Lipinski definition) is 2. The van der Waals surface area contributed by atoms with Gasteiger partial charge in [-0.1, -0.05) is 101 Å². The van der Waals surface area contributed by atoms with Gasteiger partial charge >= 0.3 is 0 Å². The lowest BCUT2D eigenvalue weighted by Gasteiger charge is -2.30. The Balaban J connectivity index is 1.38. The quantitative estimate of drug-likeness (QED) is 0.241. The predicted octanol–water partition coefficient (Wildman–Crippen LogP) is 3.43. The van der Waals surface area contributed by atoms with Crippen LogP contribution < -0.4 is 11.0 Å². The standard InChI is InChI=1S/C29H30N9OP/c40-22-39-29(26-19-36(33-30-26)16-23-10-4-1-5-11-23,27-20-37(34-31-27)17-24-12-6-2-7-13-24)28-21-38(35-32-28)18-25-14-8-3-9-15-25/h1-15,19-21,30,33H,16-18,22,40H2. The number of ether oxygens (including phenoxy) is 1. The van der Waals surface area contributed by atoms with E-state index in [2.05, 4.69) is 77.2 Å². The van der Waals surface area contributed by atoms with Crippen molar-refractivity contribution in [2.45, 2.75) is 25.2 Å². The van der Waals surface area contributed by atoms with Crippen LogP contribution in [0.15, 0.2) is 115 Å². The van der Waals surface area contributed by atoms with Crippen LogP contribution in [0, 0.1) is 0 Å². The molecule has 11 heteroatoms. The summed E-state index contributed by atoms with van der Waals surface area (Å²) in [5.41, 5.74) is 10.7. The molecular formula is C29H30N9OP. The average molecular weight is 552 g/mol. The van der Waals surface area contributed by atoms with Gasteiger partial charge in [-0.2, -0.15) is 0 Å². The summed E-state index contributed by atoms with van der Waals surface area (Å²) < 4.78 is 10.2. The molecule has 202 valence electrons. The van der Waals surface area contributed by atoms with E-state index in [0.29, 0.717) is 37.4 Å². The maximum absolute atomic E-state index is 6.55. The SMILES string of the molecule is PCOC(C1=CN(Cc2ccccc2)NN1)(c1cn(Cc2ccccc2)nn1)c1cn(Cc2ccccc2)nn1. The monoisotopic (exact) mass is 551 g/mol. The summed E-state index contributed by atoms with van der Waals surface area (Å²) in [6.07, 6.45) is 6.13. The summed E-state index contributed by atoms with van der Waals surface area (Å²) >= 11 is 0. The van der Waals surface area contributed by atoms with E-state index in [0.717, 1.165) is 22.4 Å². The Morgan fingerprint density at radius 1 is 0.675 bits per heavy atom. The highest BCUT2D eigenvalue weighted by atomic mass is 31.0. The number of nitrogens with zero attached hydrogens (tertiary/aromatic N) is 7. The minimum Gasteiger partial charge on any atom is -0.352 e. The van der Waals surface area contributed by atoms with Gasteiger partial charge in [-0.3, -0.25) is 5.01 Å². The normalized spacial score (nSPS) is 13.3. The number of nitrogens with one attached hydrogen (secondary N) is 2. The molecule has 5 aromatic rings. The van der Waals surface area contributed by atoms with Gasteiger partial charge in [0.1, 0.15) is 11.4 Å². The average Bonchev–Trinajstić information content (AvgIpc) is 3.76. The molecule has 0 saturated carbocycles. The minimum absolute atomic E-state index is 0.328. The molecule has 1 aliphatic heterocycles. The summed E-state index contributed by atoms with van der Waals surface area (Å²) in [7, 11) is 2.64. The van der Waals surface area contributed by atoms with Crippen LogP contribution in [0.2, 0.25) is 0 Å². The second-order valence-electron chi connectivity index (χ2n) is 9.46. The number of aromatic nitrogens is 6. The van der Waals surface area contributed by atoms with Crippen LogP contribution in [0.25, 0.3) is 0 Å². The molecule has 3 heterocycles. The first-order valence-electron chi connectivity index (χ1n) is 13.0. The van der Waals surface area contributed by atoms with Gasteiger partial charge in [-0.05, 0) is 16.7 Å². The molecule has 0 aliphatic carbocycles. The number of rotatable bonds is 11. The van der Waals surface area contributed by atoms with Crippen molar-refractivity contribution in [1.82, 2.24) is 46.0 Å². The van der Waals surface area contributed by atoms with E-state index in [1.807, 2.05) is 87.6 Å². The first-order chi connectivity index (χ1) is 19.7. The third-order valence-electron chi connectivity index (χ3n) is 6.67. The van der Waals surface area contributed by atoms with Crippen molar-refractivity contribution < 1.29 is 4.74 Å². The molecule has 1 atom stereocenters. The molecule has 1 unspecified atom stereocenters. The van der Waals surface area contributed by atoms with Gasteiger partial charge in [0.15, 0.2) is 0 Å². The first-order valence-corrected chi connectivity index (χ1v) is 13.8. The molecule has 10 nitrogen and oxygen atoms in total. The summed E-state index contributed by atoms with van der Waals surface area (Å²) in [6.45, 7) is 1.81. The van der Waals surface area contributed by atoms with Crippen molar-refractivity contribution in [3.05, 3.63) is 143 Å². The minimum atomic E-state index is -1.19. The lowest BCUT2D eigenvalue weighted by Crippen LogP contribution is -2.43. The zero-order valence-electron chi connectivity index (χ0n) is 21.8. The van der Waals surface area contributed by atoms with E-state index in [4.69, 9.17) is 4.74 Å². The summed E-state index contributed by atoms with van der Waals surface area (Å²) in [5, 5.41) is 20.1. The number of hydrogen-bond acceptors (Lipinski definition) is 8. The van der Waals surface area contributed by atoms with Crippen LogP contribution in [0.5, 0.6) is 0 Å². The third kappa shape index (κ3) is 5.51. The van der Waals surface area contributed by atoms with Crippen molar-refractivity contribution in [1.29, 1.82) is 0 Å². The van der Waals surface area contributed by atoms with Crippen LogP contribution in [0.4, 0.5) is 0 Å². The fourth-order valence-corrected chi connectivity index (χ4v) is 5.02. The molecule has 2 N–H and O–H groups in total. The van der Waals surface area contributed by atoms with Gasteiger partial charge in [0.05, 0.1) is 44.1 Å². The van der Waals surface area contributed by atoms with Gasteiger partial charge < -0.3 is 10.2 Å². The van der Waals surface area contributed by atoms with Gasteiger partial charge in [-0.15, -0.1) is 25.0 Å². The Morgan fingerprint density at radius 2 is 1.15 bits per heavy atom. The lowest BCUT2D eigenvalue weighted by atomic mass is 9.92. The lowest BCUT2D eigenvalue weighted by molar-refractivity contribution is 0.0297. The topological polar surface area (TPSA) is 98.0 Å². The van der Waals surface area contributed by atoms with Crippen molar-refractivity contribution in [2.24, 2.45) is 0 Å². The Labute approximate surface area is 234 Å². The van der Waals surface area contributed by atoms with E-state index in [1.165, 1.54) is 0 Å². The summed E-state index contributed by atoms with van der Waals surface area (Å²) in [5.74, 6) is 0. The molecule has 0 radical (unpaired) electrons. The van der Waals surface area contributed by atoms with E-state index in [-0.39, 0.29) is 0 Å². The zero-order chi connectivity index (χ0) is 27.2. The molecule has 2 aromatic heterocycles. The Morgan fingerprint density at radius 3 is 1.62 bits per heavy atom. The Bertz CT molecular complexity index is 1470. The second-order valence-corrected chi connectivity index (χ2v) is 9.79. The molecular weight excluding hydrogens is 521 g/mol. The first kappa shape index (κ1) is 25.9. The van der Waals surface area contributed by atoms with Crippen LogP contribution in [-0.2, 0) is 30.0 Å². The van der Waals surface area contributed by atoms with Gasteiger partial charge in [0.25, 0.3) is 0 Å². The summed E-state index contributed by atoms with van der Waals surface area (Å²) in [4.78, 5) is 0. The smallest absolute Gasteiger partial charge is 0.201 e. The fourth-order valence-electron chi connectivity index (χ4n) is 4.77. The molecule has 3 aromatic carbocycles. The largest absolute Gasteiger partial charge is 0.352 e. The molecule has 0 amide bonds. The molecule has 6 rings (SSSR count). The number of hydrazine groups is 2. The van der Waals surface area contributed by atoms with E-state index >= 15 is 0 Å². The van der Waals surface area contributed by atoms with E-state index in [9.17, 15) is 0 Å². The molecule has 40 heavy (non-hydrogen) atoms. The van der Waals surface area contributed by atoms with Gasteiger partial charge in [0, 0.05) is 6.20 Å². The van der Waals surface area contributed by atoms with Gasteiger partial charge in [-0.25, -0.2) is 9.36 Å². The number of benzene rings is 3. The van der Waals surface area contributed by atoms with Crippen LogP contribution in [0.1, 0.15) is 28.1 Å². The maximum Gasteiger partial charge on any atom is 0.201 e. The van der Waals surface area contributed by atoms with Crippen molar-refractivity contribution in [2.75, 3.05) is 6.35 Å². The Kier molecular flexibility index (Phi) is 7.63. The second kappa shape index (κ2) is 11.8. The fraction of sp³-hybridized carbons (Fsp3) is 0.172. The van der Waals surface area contributed by atoms with Crippen LogP contribution in [-0.4, -0.2) is 41.3 Å². The third-order valence-corrected chi connectivity index (χ3v) is 6.83. The predicted molar refractivity (Wildman–Crippen MR) is 154 cm³/mol. The van der Waals surface area contributed by atoms with Crippen molar-refractivity contribution in [3.8, 4) is 0 Å². The van der Waals surface area contributed by atoms with Crippen molar-refractivity contribution >= 4 is 9.24 Å². The van der Waals surface area contributed by atoms with Crippen LogP contribution in [0.3, 0.4) is 0 Å². The highest BCUT2D eigenvalue weighted by Gasteiger charge is 2.47. The van der Waals surface area contributed by atoms with Crippen LogP contribution >= 0.6 is 9.24 Å². The molecule has 0 spiro atoms. The zero-order valence-corrected chi connectivity index (χ0v) is 23.0. The maximum atomic E-state index is 6.55. The molecule has 0 fully saturated rings. The molecule has 0 saturated heterocycles. The van der Waals surface area contributed by atoms with E-state index < -0.39 is 5.60 Å². The molecule has 0 bridgehead atoms. The van der Waals surface area contributed by atoms with E-state index in [1.54, 1.807) is 0 Å². The highest BCUT2D eigenvalue weighted by Crippen LogP contribution is 2.39.